The molecular weight excluding hydrogens is 1040 g/mol. The highest BCUT2D eigenvalue weighted by Gasteiger charge is 2.41. The van der Waals surface area contributed by atoms with Crippen molar-refractivity contribution in [1.82, 2.24) is 19.4 Å². The first-order valence-corrected chi connectivity index (χ1v) is 22.1. The molecule has 3 aromatic heterocycles. The van der Waals surface area contributed by atoms with E-state index in [4.69, 9.17) is 12.6 Å². The molecule has 0 spiro atoms. The Morgan fingerprint density at radius 2 is 0.949 bits per heavy atom. The summed E-state index contributed by atoms with van der Waals surface area (Å²) in [6.45, 7) is 3.22. The predicted octanol–water partition coefficient (Wildman–Crippen LogP) is 4.86. The topological polar surface area (TPSA) is 494 Å². The van der Waals surface area contributed by atoms with Crippen LogP contribution in [0.1, 0.15) is 34.7 Å². The van der Waals surface area contributed by atoms with Crippen LogP contribution in [0.25, 0.3) is 83.9 Å². The van der Waals surface area contributed by atoms with Gasteiger partial charge in [-0.3, -0.25) is 4.79 Å². The lowest BCUT2D eigenvalue weighted by Gasteiger charge is -2.22. The van der Waals surface area contributed by atoms with Crippen molar-refractivity contribution in [2.45, 2.75) is 27.2 Å². The van der Waals surface area contributed by atoms with Crippen LogP contribution in [0.3, 0.4) is 0 Å². The van der Waals surface area contributed by atoms with Crippen LogP contribution in [0.5, 0.6) is 115 Å². The van der Waals surface area contributed by atoms with E-state index in [2.05, 4.69) is 15.0 Å². The molecule has 0 bridgehead atoms. The van der Waals surface area contributed by atoms with Crippen molar-refractivity contribution >= 4 is 63.1 Å². The van der Waals surface area contributed by atoms with Crippen molar-refractivity contribution < 1.29 is 112 Å². The van der Waals surface area contributed by atoms with Crippen LogP contribution in [-0.2, 0) is 6.42 Å². The number of allylic oxidation sites excluding steroid dienone is 3. The molecule has 78 heavy (non-hydrogen) atoms. The molecule has 11 rings (SSSR count). The smallest absolute Gasteiger partial charge is 0.207 e. The number of fused-ring (bicyclic) bond motifs is 2. The molecule has 9 aromatic rings. The average molecular weight is 1070 g/mol. The number of ether oxygens (including phenoxy) is 1. The van der Waals surface area contributed by atoms with Gasteiger partial charge in [-0.2, -0.15) is 0 Å². The van der Waals surface area contributed by atoms with Crippen molar-refractivity contribution in [3.63, 3.8) is 0 Å². The van der Waals surface area contributed by atoms with Gasteiger partial charge in [0.1, 0.15) is 58.8 Å². The maximum Gasteiger partial charge on any atom is 0.207 e. The normalized spacial score (nSPS) is 14.4. The minimum Gasteiger partial charge on any atom is -0.512 e. The van der Waals surface area contributed by atoms with Gasteiger partial charge in [0, 0.05) is 39.8 Å². The molecule has 394 valence electrons. The number of aromatic nitrogens is 4. The number of phenolic OH excluding ortho intramolecular Hbond substituents is 18. The number of nitrogens with zero attached hydrogens (tertiary/aromatic N) is 4. The van der Waals surface area contributed by atoms with Gasteiger partial charge in [-0.1, -0.05) is 0 Å². The van der Waals surface area contributed by atoms with Crippen molar-refractivity contribution in [3.8, 4) is 149 Å². The number of aliphatic hydroxyl groups is 3. The highest BCUT2D eigenvalue weighted by Crippen LogP contribution is 2.62. The molecule has 28 heteroatoms. The van der Waals surface area contributed by atoms with Crippen LogP contribution < -0.4 is 15.6 Å². The predicted molar refractivity (Wildman–Crippen MR) is 268 cm³/mol. The van der Waals surface area contributed by atoms with Gasteiger partial charge in [0.15, 0.2) is 86.5 Å². The summed E-state index contributed by atoms with van der Waals surface area (Å²) in [7, 11) is 5.77. The lowest BCUT2D eigenvalue weighted by molar-refractivity contribution is 0.326. The molecule has 4 heterocycles. The van der Waals surface area contributed by atoms with Crippen molar-refractivity contribution in [2.75, 3.05) is 0 Å². The second-order valence-corrected chi connectivity index (χ2v) is 18.1. The molecule has 0 fully saturated rings. The largest absolute Gasteiger partial charge is 0.512 e. The van der Waals surface area contributed by atoms with E-state index in [-0.39, 0.29) is 16.6 Å². The van der Waals surface area contributed by atoms with E-state index in [0.717, 1.165) is 18.2 Å². The molecule has 0 amide bonds. The van der Waals surface area contributed by atoms with Crippen LogP contribution in [0.2, 0.25) is 0 Å². The molecule has 2 radical (unpaired) electrons. The number of benzene rings is 6. The first-order valence-electron chi connectivity index (χ1n) is 22.1. The van der Waals surface area contributed by atoms with E-state index < -0.39 is 244 Å². The summed E-state index contributed by atoms with van der Waals surface area (Å²) in [5.74, 6) is -28.7. The number of aromatic hydroxyl groups is 18. The monoisotopic (exact) mass is 1070 g/mol. The minimum atomic E-state index is -1.37. The van der Waals surface area contributed by atoms with Gasteiger partial charge in [0.2, 0.25) is 34.2 Å². The zero-order valence-corrected chi connectivity index (χ0v) is 39.4. The third-order valence-corrected chi connectivity index (χ3v) is 14.0. The number of hydrogen-bond acceptors (Lipinski definition) is 26. The van der Waals surface area contributed by atoms with Crippen LogP contribution in [-0.4, -0.2) is 134 Å². The highest BCUT2D eigenvalue weighted by atomic mass is 16.5. The van der Waals surface area contributed by atoms with E-state index in [1.54, 1.807) is 0 Å². The number of rotatable bonds is 5. The van der Waals surface area contributed by atoms with Gasteiger partial charge in [-0.05, 0) is 32.3 Å². The number of phenols is 18. The second-order valence-electron chi connectivity index (χ2n) is 18.1. The molecule has 0 saturated carbocycles. The lowest BCUT2D eigenvalue weighted by Crippen LogP contribution is -2.11. The molecule has 2 aliphatic rings. The van der Waals surface area contributed by atoms with Gasteiger partial charge in [-0.25, -0.2) is 15.0 Å². The van der Waals surface area contributed by atoms with Crippen LogP contribution in [0.4, 0.5) is 0 Å². The summed E-state index contributed by atoms with van der Waals surface area (Å²) in [5, 5.41) is 233. The van der Waals surface area contributed by atoms with Gasteiger partial charge in [0.05, 0.1) is 43.9 Å². The van der Waals surface area contributed by atoms with Gasteiger partial charge in [-0.15, -0.1) is 0 Å². The average Bonchev–Trinajstić information content (AvgIpc) is 4.18. The maximum atomic E-state index is 14.5. The second kappa shape index (κ2) is 15.6. The Balaban J connectivity index is 1.18. The molecule has 0 saturated heterocycles. The fourth-order valence-electron chi connectivity index (χ4n) is 10.1. The molecule has 21 N–H and O–H groups in total. The van der Waals surface area contributed by atoms with Gasteiger partial charge >= 0.3 is 0 Å². The maximum absolute atomic E-state index is 14.5. The third kappa shape index (κ3) is 5.80. The molecule has 0 atom stereocenters. The standard InChI is InChI=1S/C50H33BN4O23/c1-6-27(59)20(38(70)41(73)28(6)60)49-52-48(53-50(54-49)21-35(67)22(51)40(72)43(75)39(21)71)17-14-10(33(65)42(74)37(17)69)4-9(13(14)8(3)56)30(62)12(57)5-11-31(63)15-16-24-47(45(77)44(76)36(16)68)78-46-25-19(26(58)7(2)29(46)61)34(66)18(32(11)64)23(15)55(24)25/h5,56-65,67-77H,4H2,1-3H3/b12-5-,13-8-,30-9+. The molecule has 1 aliphatic carbocycles. The first kappa shape index (κ1) is 48.9. The number of pyridine rings is 1. The summed E-state index contributed by atoms with van der Waals surface area (Å²) < 4.78 is 6.82. The van der Waals surface area contributed by atoms with Crippen LogP contribution >= 0.6 is 0 Å². The minimum absolute atomic E-state index is 0.334. The number of hydrogen-bond donors (Lipinski definition) is 21. The van der Waals surface area contributed by atoms with Gasteiger partial charge < -0.3 is 116 Å². The Hall–Kier alpha value is -11.3. The van der Waals surface area contributed by atoms with E-state index in [9.17, 15) is 112 Å². The van der Waals surface area contributed by atoms with Crippen molar-refractivity contribution in [3.05, 3.63) is 60.9 Å². The summed E-state index contributed by atoms with van der Waals surface area (Å²) in [5.41, 5.74) is -10.4. The summed E-state index contributed by atoms with van der Waals surface area (Å²) >= 11 is 0. The van der Waals surface area contributed by atoms with E-state index >= 15 is 0 Å². The lowest BCUT2D eigenvalue weighted by atomic mass is 9.90. The molecule has 27 nitrogen and oxygen atoms in total. The Morgan fingerprint density at radius 3 is 1.55 bits per heavy atom. The van der Waals surface area contributed by atoms with Crippen molar-refractivity contribution in [1.29, 1.82) is 0 Å². The zero-order chi connectivity index (χ0) is 56.8. The zero-order valence-electron chi connectivity index (χ0n) is 39.4. The first-order chi connectivity index (χ1) is 36.6. The fraction of sp³-hybridized carbons (Fsp3) is 0.0800. The van der Waals surface area contributed by atoms with Crippen LogP contribution in [0, 0.1) is 13.8 Å². The number of aliphatic hydroxyl groups excluding tert-OH is 3. The third-order valence-electron chi connectivity index (χ3n) is 14.0. The Kier molecular flexibility index (Phi) is 9.79. The quantitative estimate of drug-likeness (QED) is 0.0360. The summed E-state index contributed by atoms with van der Waals surface area (Å²) in [6, 6.07) is 0. The Morgan fingerprint density at radius 1 is 0.487 bits per heavy atom. The van der Waals surface area contributed by atoms with E-state index in [1.165, 1.54) is 6.92 Å². The van der Waals surface area contributed by atoms with E-state index in [1.807, 2.05) is 0 Å². The Labute approximate surface area is 430 Å². The molecule has 6 aromatic carbocycles. The fourth-order valence-corrected chi connectivity index (χ4v) is 10.1. The highest BCUT2D eigenvalue weighted by molar-refractivity contribution is 6.37. The summed E-state index contributed by atoms with van der Waals surface area (Å²) in [6.07, 6.45) is -0.394. The van der Waals surface area contributed by atoms with Crippen LogP contribution in [0.15, 0.2) is 27.6 Å². The molecule has 0 unspecified atom stereocenters. The summed E-state index contributed by atoms with van der Waals surface area (Å²) in [4.78, 5) is 26.9. The molecular formula is C50H33BN4O23. The van der Waals surface area contributed by atoms with E-state index in [0.29, 0.717) is 6.08 Å². The molecule has 1 aliphatic heterocycles. The van der Waals surface area contributed by atoms with Crippen molar-refractivity contribution in [2.24, 2.45) is 0 Å². The SMILES string of the molecule is [B]c1c(O)c(O)c(O)c(-c2nc(-c3c(O)c(C)c(O)c(O)c3O)nc(-c3c(O)c(O)c(O)c4c3C(=C(/C)O)/C(=C(O)\C(O)=C\c3c(O)c5c(=O)c6c(O)c(C)c(O)c7c6n6c8c(c(O)c(O)c(O)c8c(c3O)c56)O7)C4)n2)c1O. The van der Waals surface area contributed by atoms with Gasteiger partial charge in [0.25, 0.3) is 0 Å². The Bertz CT molecular complexity index is 4430.